The lowest BCUT2D eigenvalue weighted by Crippen LogP contribution is -2.15. The van der Waals surface area contributed by atoms with Gasteiger partial charge in [0.1, 0.15) is 0 Å². The predicted molar refractivity (Wildman–Crippen MR) is 84.8 cm³/mol. The number of nitrogens with one attached hydrogen (secondary N) is 1. The Labute approximate surface area is 125 Å². The molecule has 0 spiro atoms. The fourth-order valence-electron chi connectivity index (χ4n) is 2.01. The summed E-state index contributed by atoms with van der Waals surface area (Å²) in [5.41, 5.74) is 10.00. The van der Waals surface area contributed by atoms with Crippen molar-refractivity contribution in [1.29, 1.82) is 0 Å². The second-order valence-corrected chi connectivity index (χ2v) is 6.83. The first-order valence-corrected chi connectivity index (χ1v) is 8.03. The van der Waals surface area contributed by atoms with Crippen LogP contribution in [-0.2, 0) is 10.0 Å². The van der Waals surface area contributed by atoms with Gasteiger partial charge in [-0.3, -0.25) is 9.71 Å². The molecule has 0 saturated carbocycles. The van der Waals surface area contributed by atoms with E-state index in [0.717, 1.165) is 16.8 Å². The molecule has 0 atom stereocenters. The average molecular weight is 305 g/mol. The highest BCUT2D eigenvalue weighted by Crippen LogP contribution is 2.24. The molecule has 2 rings (SSSR count). The molecule has 0 aliphatic heterocycles. The van der Waals surface area contributed by atoms with Gasteiger partial charge in [-0.25, -0.2) is 8.42 Å². The number of pyridine rings is 1. The normalized spacial score (nSPS) is 11.4. The minimum absolute atomic E-state index is 0.156. The fraction of sp³-hybridized carbons (Fsp3) is 0.267. The maximum Gasteiger partial charge on any atom is 0.262 e. The van der Waals surface area contributed by atoms with Gasteiger partial charge in [-0.2, -0.15) is 0 Å². The lowest BCUT2D eigenvalue weighted by Gasteiger charge is -2.13. The van der Waals surface area contributed by atoms with E-state index in [9.17, 15) is 8.42 Å². The predicted octanol–water partition coefficient (Wildman–Crippen LogP) is 2.70. The lowest BCUT2D eigenvalue weighted by molar-refractivity contribution is 0.601. The summed E-state index contributed by atoms with van der Waals surface area (Å²) in [6.07, 6.45) is 0. The Bertz CT molecular complexity index is 776. The van der Waals surface area contributed by atoms with Crippen molar-refractivity contribution in [3.8, 4) is 0 Å². The summed E-state index contributed by atoms with van der Waals surface area (Å²) >= 11 is 0. The molecule has 1 aromatic carbocycles. The monoisotopic (exact) mass is 305 g/mol. The Hall–Kier alpha value is -2.08. The molecule has 1 heterocycles. The van der Waals surface area contributed by atoms with E-state index >= 15 is 0 Å². The number of aromatic nitrogens is 1. The Balaban J connectivity index is 2.43. The van der Waals surface area contributed by atoms with Crippen molar-refractivity contribution < 1.29 is 8.42 Å². The van der Waals surface area contributed by atoms with Crippen LogP contribution in [0.5, 0.6) is 0 Å². The molecule has 0 aliphatic rings. The number of rotatable bonds is 3. The summed E-state index contributed by atoms with van der Waals surface area (Å²) < 4.78 is 27.5. The molecule has 0 aliphatic carbocycles. The first-order chi connectivity index (χ1) is 9.70. The van der Waals surface area contributed by atoms with E-state index in [1.807, 2.05) is 20.8 Å². The Morgan fingerprint density at radius 1 is 1.10 bits per heavy atom. The van der Waals surface area contributed by atoms with Gasteiger partial charge in [0, 0.05) is 11.4 Å². The molecule has 0 radical (unpaired) electrons. The van der Waals surface area contributed by atoms with Gasteiger partial charge in [-0.1, -0.05) is 0 Å². The van der Waals surface area contributed by atoms with Gasteiger partial charge in [0.05, 0.1) is 16.3 Å². The quantitative estimate of drug-likeness (QED) is 0.854. The van der Waals surface area contributed by atoms with Crippen molar-refractivity contribution in [3.05, 3.63) is 46.8 Å². The number of benzene rings is 1. The molecule has 0 unspecified atom stereocenters. The van der Waals surface area contributed by atoms with Crippen LogP contribution in [0.25, 0.3) is 0 Å². The van der Waals surface area contributed by atoms with Crippen molar-refractivity contribution in [2.75, 3.05) is 10.5 Å². The SMILES string of the molecule is Cc1ccc(NS(=O)(=O)c2cc(C)c(C)c(N)c2)c(C)n1. The lowest BCUT2D eigenvalue weighted by atomic mass is 10.1. The van der Waals surface area contributed by atoms with E-state index < -0.39 is 10.0 Å². The first-order valence-electron chi connectivity index (χ1n) is 6.54. The van der Waals surface area contributed by atoms with Crippen LogP contribution >= 0.6 is 0 Å². The molecule has 0 bridgehead atoms. The largest absolute Gasteiger partial charge is 0.398 e. The highest BCUT2D eigenvalue weighted by atomic mass is 32.2. The average Bonchev–Trinajstić information content (AvgIpc) is 2.38. The first kappa shape index (κ1) is 15.3. The maximum atomic E-state index is 12.5. The van der Waals surface area contributed by atoms with Gasteiger partial charge < -0.3 is 5.73 Å². The number of anilines is 2. The number of hydrogen-bond acceptors (Lipinski definition) is 4. The molecule has 3 N–H and O–H groups in total. The van der Waals surface area contributed by atoms with Gasteiger partial charge in [0.2, 0.25) is 0 Å². The molecule has 112 valence electrons. The second kappa shape index (κ2) is 5.37. The molecule has 2 aromatic rings. The Morgan fingerprint density at radius 3 is 2.33 bits per heavy atom. The number of aryl methyl sites for hydroxylation is 3. The van der Waals surface area contributed by atoms with Crippen LogP contribution in [0.1, 0.15) is 22.5 Å². The highest BCUT2D eigenvalue weighted by Gasteiger charge is 2.17. The van der Waals surface area contributed by atoms with E-state index in [-0.39, 0.29) is 4.90 Å². The van der Waals surface area contributed by atoms with Crippen molar-refractivity contribution in [2.45, 2.75) is 32.6 Å². The van der Waals surface area contributed by atoms with Crippen LogP contribution in [0.4, 0.5) is 11.4 Å². The van der Waals surface area contributed by atoms with Gasteiger partial charge >= 0.3 is 0 Å². The van der Waals surface area contributed by atoms with Crippen molar-refractivity contribution in [3.63, 3.8) is 0 Å². The standard InChI is InChI=1S/C15H19N3O2S/c1-9-7-13(8-14(16)11(9)3)21(19,20)18-15-6-5-10(2)17-12(15)4/h5-8,18H,16H2,1-4H3. The van der Waals surface area contributed by atoms with E-state index in [1.165, 1.54) is 6.07 Å². The smallest absolute Gasteiger partial charge is 0.262 e. The number of nitrogens with zero attached hydrogens (tertiary/aromatic N) is 1. The molecule has 21 heavy (non-hydrogen) atoms. The van der Waals surface area contributed by atoms with E-state index in [1.54, 1.807) is 25.1 Å². The van der Waals surface area contributed by atoms with E-state index in [0.29, 0.717) is 17.1 Å². The van der Waals surface area contributed by atoms with E-state index in [2.05, 4.69) is 9.71 Å². The zero-order valence-electron chi connectivity index (χ0n) is 12.6. The summed E-state index contributed by atoms with van der Waals surface area (Å²) in [4.78, 5) is 4.40. The van der Waals surface area contributed by atoms with Gasteiger partial charge in [-0.15, -0.1) is 0 Å². The van der Waals surface area contributed by atoms with E-state index in [4.69, 9.17) is 5.73 Å². The van der Waals surface area contributed by atoms with Gasteiger partial charge in [-0.05, 0) is 63.1 Å². The number of nitrogen functional groups attached to an aromatic ring is 1. The highest BCUT2D eigenvalue weighted by molar-refractivity contribution is 7.92. The summed E-state index contributed by atoms with van der Waals surface area (Å²) in [7, 11) is -3.68. The third-order valence-electron chi connectivity index (χ3n) is 3.46. The molecule has 0 amide bonds. The molecule has 1 aromatic heterocycles. The van der Waals surface area contributed by atoms with Crippen LogP contribution < -0.4 is 10.5 Å². The number of hydrogen-bond donors (Lipinski definition) is 2. The van der Waals surface area contributed by atoms with Gasteiger partial charge in [0.25, 0.3) is 10.0 Å². The zero-order chi connectivity index (χ0) is 15.8. The fourth-order valence-corrected chi connectivity index (χ4v) is 3.24. The van der Waals surface area contributed by atoms with Crippen molar-refractivity contribution in [2.24, 2.45) is 0 Å². The Morgan fingerprint density at radius 2 is 1.76 bits per heavy atom. The minimum atomic E-state index is -3.68. The van der Waals surface area contributed by atoms with Crippen molar-refractivity contribution >= 4 is 21.4 Å². The van der Waals surface area contributed by atoms with Gasteiger partial charge in [0.15, 0.2) is 0 Å². The summed E-state index contributed by atoms with van der Waals surface area (Å²) in [6, 6.07) is 6.56. The third-order valence-corrected chi connectivity index (χ3v) is 4.81. The summed E-state index contributed by atoms with van der Waals surface area (Å²) in [5.74, 6) is 0. The van der Waals surface area contributed by atoms with Crippen LogP contribution in [0, 0.1) is 27.7 Å². The molecule has 0 saturated heterocycles. The number of nitrogens with two attached hydrogens (primary N) is 1. The summed E-state index contributed by atoms with van der Waals surface area (Å²) in [5, 5.41) is 0. The maximum absolute atomic E-state index is 12.5. The summed E-state index contributed by atoms with van der Waals surface area (Å²) in [6.45, 7) is 7.32. The minimum Gasteiger partial charge on any atom is -0.398 e. The molecule has 0 fully saturated rings. The molecular formula is C15H19N3O2S. The molecule has 5 nitrogen and oxygen atoms in total. The van der Waals surface area contributed by atoms with Crippen LogP contribution in [-0.4, -0.2) is 13.4 Å². The Kier molecular flexibility index (Phi) is 3.91. The van der Waals surface area contributed by atoms with Crippen LogP contribution in [0.2, 0.25) is 0 Å². The van der Waals surface area contributed by atoms with Crippen LogP contribution in [0.3, 0.4) is 0 Å². The third kappa shape index (κ3) is 3.16. The number of sulfonamides is 1. The second-order valence-electron chi connectivity index (χ2n) is 5.15. The molecular weight excluding hydrogens is 286 g/mol. The van der Waals surface area contributed by atoms with Crippen LogP contribution in [0.15, 0.2) is 29.2 Å². The van der Waals surface area contributed by atoms with Crippen molar-refractivity contribution in [1.82, 2.24) is 4.98 Å². The molecule has 6 heteroatoms. The zero-order valence-corrected chi connectivity index (χ0v) is 13.4. The topological polar surface area (TPSA) is 85.1 Å².